The van der Waals surface area contributed by atoms with Crippen LogP contribution in [0, 0.1) is 16.7 Å². The zero-order valence-corrected chi connectivity index (χ0v) is 12.9. The molecule has 2 heterocycles. The van der Waals surface area contributed by atoms with E-state index in [1.807, 2.05) is 0 Å². The highest BCUT2D eigenvalue weighted by molar-refractivity contribution is 5.87. The maximum Gasteiger partial charge on any atom is 0.342 e. The van der Waals surface area contributed by atoms with Crippen LogP contribution in [0.5, 0.6) is 0 Å². The Bertz CT molecular complexity index is 621. The maximum absolute atomic E-state index is 12.2. The lowest BCUT2D eigenvalue weighted by Gasteiger charge is -2.64. The van der Waals surface area contributed by atoms with Crippen LogP contribution in [0.15, 0.2) is 0 Å². The average Bonchev–Trinajstić information content (AvgIpc) is 2.85. The number of cyclic esters (lactones) is 1. The number of carbonyl (C=O) groups is 2. The Morgan fingerprint density at radius 3 is 2.48 bits per heavy atom. The standard InChI is InChI=1S/C15H20O8/c1-6-7(16)3-14(20)12(2)5-22-11(19)15(12,21)8-4-13(6,14)9(17)10(18)23-8/h6-9,16-17,20-21H,3-5H2,1-2H3/t6-,7-,8-,9+,12+,13+,14+,15-/m1/s1. The molecule has 0 unspecified atom stereocenters. The highest BCUT2D eigenvalue weighted by Crippen LogP contribution is 2.71. The van der Waals surface area contributed by atoms with Gasteiger partial charge in [0, 0.05) is 11.8 Å². The lowest BCUT2D eigenvalue weighted by Crippen LogP contribution is -2.80. The van der Waals surface area contributed by atoms with E-state index in [1.54, 1.807) is 6.92 Å². The Balaban J connectivity index is 2.02. The van der Waals surface area contributed by atoms with Gasteiger partial charge in [0.05, 0.1) is 17.1 Å². The molecule has 0 radical (unpaired) electrons. The molecule has 8 atom stereocenters. The van der Waals surface area contributed by atoms with Crippen molar-refractivity contribution in [2.24, 2.45) is 16.7 Å². The van der Waals surface area contributed by atoms with Crippen molar-refractivity contribution in [2.45, 2.75) is 56.2 Å². The normalized spacial score (nSPS) is 60.8. The molecule has 2 saturated heterocycles. The van der Waals surface area contributed by atoms with Gasteiger partial charge in [-0.1, -0.05) is 6.92 Å². The molecule has 8 nitrogen and oxygen atoms in total. The van der Waals surface area contributed by atoms with Gasteiger partial charge in [-0.15, -0.1) is 0 Å². The van der Waals surface area contributed by atoms with Crippen LogP contribution < -0.4 is 0 Å². The van der Waals surface area contributed by atoms with E-state index in [1.165, 1.54) is 6.92 Å². The third-order valence-corrected chi connectivity index (χ3v) is 7.18. The summed E-state index contributed by atoms with van der Waals surface area (Å²) in [5.41, 5.74) is -6.96. The van der Waals surface area contributed by atoms with Crippen molar-refractivity contribution in [1.29, 1.82) is 0 Å². The number of carbonyl (C=O) groups excluding carboxylic acids is 2. The first-order chi connectivity index (χ1) is 10.6. The second-order valence-corrected chi connectivity index (χ2v) is 7.67. The predicted molar refractivity (Wildman–Crippen MR) is 71.7 cm³/mol. The van der Waals surface area contributed by atoms with Gasteiger partial charge < -0.3 is 29.9 Å². The van der Waals surface area contributed by atoms with Gasteiger partial charge in [0.2, 0.25) is 5.60 Å². The van der Waals surface area contributed by atoms with Crippen LogP contribution in [0.2, 0.25) is 0 Å². The van der Waals surface area contributed by atoms with E-state index in [4.69, 9.17) is 9.47 Å². The third-order valence-electron chi connectivity index (χ3n) is 7.18. The van der Waals surface area contributed by atoms with Gasteiger partial charge in [-0.2, -0.15) is 0 Å². The molecule has 0 aromatic rings. The Morgan fingerprint density at radius 2 is 1.83 bits per heavy atom. The SMILES string of the molecule is C[C@@H]1[C@H](O)C[C@@]2(O)[C@@]13C[C@@H](OC(=O)[C@@H]3O)[C@@]1(O)C(=O)OC[C@@]21C. The fourth-order valence-electron chi connectivity index (χ4n) is 5.64. The second-order valence-electron chi connectivity index (χ2n) is 7.67. The lowest BCUT2D eigenvalue weighted by atomic mass is 9.44. The smallest absolute Gasteiger partial charge is 0.342 e. The van der Waals surface area contributed by atoms with Crippen LogP contribution in [0.3, 0.4) is 0 Å². The number of esters is 2. The number of fused-ring (bicyclic) bond motifs is 4. The summed E-state index contributed by atoms with van der Waals surface area (Å²) in [6.45, 7) is 2.85. The zero-order valence-electron chi connectivity index (χ0n) is 12.9. The lowest BCUT2D eigenvalue weighted by molar-refractivity contribution is -0.320. The summed E-state index contributed by atoms with van der Waals surface area (Å²) in [5.74, 6) is -2.57. The van der Waals surface area contributed by atoms with Gasteiger partial charge in [0.1, 0.15) is 12.7 Å². The van der Waals surface area contributed by atoms with Gasteiger partial charge in [-0.05, 0) is 19.3 Å². The summed E-state index contributed by atoms with van der Waals surface area (Å²) in [4.78, 5) is 24.4. The van der Waals surface area contributed by atoms with E-state index in [0.717, 1.165) is 0 Å². The summed E-state index contributed by atoms with van der Waals surface area (Å²) < 4.78 is 10.1. The number of rotatable bonds is 0. The molecule has 0 aromatic heterocycles. The number of hydrogen-bond donors (Lipinski definition) is 4. The number of hydrogen-bond acceptors (Lipinski definition) is 8. The van der Waals surface area contributed by atoms with Crippen LogP contribution >= 0.6 is 0 Å². The van der Waals surface area contributed by atoms with E-state index < -0.39 is 58.2 Å². The van der Waals surface area contributed by atoms with E-state index in [2.05, 4.69) is 0 Å². The molecule has 2 saturated carbocycles. The molecule has 23 heavy (non-hydrogen) atoms. The van der Waals surface area contributed by atoms with Crippen LogP contribution in [-0.2, 0) is 19.1 Å². The molecular formula is C15H20O8. The number of aliphatic hydroxyl groups is 4. The summed E-state index contributed by atoms with van der Waals surface area (Å²) in [7, 11) is 0. The molecule has 2 aliphatic heterocycles. The van der Waals surface area contributed by atoms with Gasteiger partial charge in [-0.3, -0.25) is 0 Å². The molecule has 2 bridgehead atoms. The van der Waals surface area contributed by atoms with Gasteiger partial charge in [0.15, 0.2) is 6.10 Å². The highest BCUT2D eigenvalue weighted by Gasteiger charge is 2.86. The minimum absolute atomic E-state index is 0.115. The van der Waals surface area contributed by atoms with Crippen molar-refractivity contribution < 1.29 is 39.5 Å². The average molecular weight is 328 g/mol. The Labute approximate surface area is 132 Å². The Kier molecular flexibility index (Phi) is 2.58. The molecule has 4 fully saturated rings. The monoisotopic (exact) mass is 328 g/mol. The molecule has 1 spiro atoms. The Morgan fingerprint density at radius 1 is 1.17 bits per heavy atom. The number of ether oxygens (including phenoxy) is 2. The predicted octanol–water partition coefficient (Wildman–Crippen LogP) is -1.91. The molecule has 4 N–H and O–H groups in total. The van der Waals surface area contributed by atoms with E-state index in [0.29, 0.717) is 0 Å². The first kappa shape index (κ1) is 15.3. The van der Waals surface area contributed by atoms with E-state index in [-0.39, 0.29) is 19.4 Å². The van der Waals surface area contributed by atoms with Gasteiger partial charge in [0.25, 0.3) is 0 Å². The quantitative estimate of drug-likeness (QED) is 0.379. The molecule has 2 aliphatic carbocycles. The van der Waals surface area contributed by atoms with Gasteiger partial charge in [-0.25, -0.2) is 9.59 Å². The van der Waals surface area contributed by atoms with E-state index >= 15 is 0 Å². The minimum Gasteiger partial charge on any atom is -0.463 e. The molecule has 4 aliphatic rings. The summed E-state index contributed by atoms with van der Waals surface area (Å²) >= 11 is 0. The van der Waals surface area contributed by atoms with Crippen molar-refractivity contribution in [3.63, 3.8) is 0 Å². The van der Waals surface area contributed by atoms with Crippen molar-refractivity contribution in [2.75, 3.05) is 6.61 Å². The molecule has 0 aromatic carbocycles. The molecular weight excluding hydrogens is 308 g/mol. The fraction of sp³-hybridized carbons (Fsp3) is 0.867. The fourth-order valence-corrected chi connectivity index (χ4v) is 5.64. The first-order valence-corrected chi connectivity index (χ1v) is 7.75. The summed E-state index contributed by atoms with van der Waals surface area (Å²) in [6, 6.07) is 0. The van der Waals surface area contributed by atoms with Crippen molar-refractivity contribution in [3.8, 4) is 0 Å². The molecule has 0 amide bonds. The number of aliphatic hydroxyl groups excluding tert-OH is 2. The first-order valence-electron chi connectivity index (χ1n) is 7.75. The molecule has 4 rings (SSSR count). The maximum atomic E-state index is 12.2. The van der Waals surface area contributed by atoms with Crippen molar-refractivity contribution in [3.05, 3.63) is 0 Å². The zero-order chi connectivity index (χ0) is 17.0. The summed E-state index contributed by atoms with van der Waals surface area (Å²) in [5, 5.41) is 43.5. The molecule has 128 valence electrons. The van der Waals surface area contributed by atoms with Crippen LogP contribution in [-0.4, -0.2) is 68.5 Å². The highest BCUT2D eigenvalue weighted by atomic mass is 16.6. The van der Waals surface area contributed by atoms with E-state index in [9.17, 15) is 30.0 Å². The molecule has 8 heteroatoms. The van der Waals surface area contributed by atoms with Gasteiger partial charge >= 0.3 is 11.9 Å². The van der Waals surface area contributed by atoms with Crippen molar-refractivity contribution in [1.82, 2.24) is 0 Å². The third kappa shape index (κ3) is 1.21. The van der Waals surface area contributed by atoms with Crippen molar-refractivity contribution >= 4 is 11.9 Å². The largest absolute Gasteiger partial charge is 0.463 e. The second kappa shape index (κ2) is 3.88. The minimum atomic E-state index is -2.20. The van der Waals surface area contributed by atoms with Crippen LogP contribution in [0.25, 0.3) is 0 Å². The summed E-state index contributed by atoms with van der Waals surface area (Å²) in [6.07, 6.45) is -4.15. The topological polar surface area (TPSA) is 134 Å². The Hall–Kier alpha value is -1.22. The van der Waals surface area contributed by atoms with Crippen LogP contribution in [0.1, 0.15) is 26.7 Å². The van der Waals surface area contributed by atoms with Crippen LogP contribution in [0.4, 0.5) is 0 Å².